The molecule has 2 aromatic rings. The summed E-state index contributed by atoms with van der Waals surface area (Å²) in [6, 6.07) is 12.1. The minimum absolute atomic E-state index is 0.322. The standard InChI is InChI=1S/C24H31N3O5S/c1-18(27(33(2,29)30)21-10-11-22-23(16-21)32-15-14-31-22)24(28)25-17-19-6-8-20(9-7-19)26-12-4-3-5-13-26/h6-11,16,18H,3-5,12-15,17H2,1-2H3,(H,25,28)/t18-/m0/s1. The first-order chi connectivity index (χ1) is 15.8. The first-order valence-corrected chi connectivity index (χ1v) is 13.2. The van der Waals surface area contributed by atoms with E-state index in [1.807, 2.05) is 12.1 Å². The Morgan fingerprint density at radius 2 is 1.70 bits per heavy atom. The summed E-state index contributed by atoms with van der Waals surface area (Å²) < 4.78 is 37.4. The van der Waals surface area contributed by atoms with Gasteiger partial charge in [-0.3, -0.25) is 9.10 Å². The van der Waals surface area contributed by atoms with Crippen molar-refractivity contribution in [2.45, 2.75) is 38.8 Å². The topological polar surface area (TPSA) is 88.2 Å². The first kappa shape index (κ1) is 23.2. The Balaban J connectivity index is 1.43. The lowest BCUT2D eigenvalue weighted by Crippen LogP contribution is -2.47. The normalized spacial score (nSPS) is 16.7. The van der Waals surface area contributed by atoms with Crippen molar-refractivity contribution in [1.82, 2.24) is 5.32 Å². The fourth-order valence-corrected chi connectivity index (χ4v) is 5.46. The highest BCUT2D eigenvalue weighted by Gasteiger charge is 2.30. The van der Waals surface area contributed by atoms with Gasteiger partial charge >= 0.3 is 0 Å². The van der Waals surface area contributed by atoms with Crippen LogP contribution >= 0.6 is 0 Å². The van der Waals surface area contributed by atoms with E-state index in [9.17, 15) is 13.2 Å². The average Bonchev–Trinajstić information content (AvgIpc) is 2.82. The van der Waals surface area contributed by atoms with Gasteiger partial charge in [-0.1, -0.05) is 12.1 Å². The van der Waals surface area contributed by atoms with Gasteiger partial charge in [0.2, 0.25) is 15.9 Å². The SMILES string of the molecule is C[C@@H](C(=O)NCc1ccc(N2CCCCC2)cc1)N(c1ccc2c(c1)OCCO2)S(C)(=O)=O. The number of nitrogens with one attached hydrogen (secondary N) is 1. The zero-order chi connectivity index (χ0) is 23.4. The Hall–Kier alpha value is -2.94. The second-order valence-electron chi connectivity index (χ2n) is 8.49. The van der Waals surface area contributed by atoms with Crippen molar-refractivity contribution in [3.63, 3.8) is 0 Å². The monoisotopic (exact) mass is 473 g/mol. The summed E-state index contributed by atoms with van der Waals surface area (Å²) in [5.41, 5.74) is 2.51. The number of hydrogen-bond donors (Lipinski definition) is 1. The van der Waals surface area contributed by atoms with Crippen LogP contribution in [0.1, 0.15) is 31.7 Å². The van der Waals surface area contributed by atoms with E-state index in [0.29, 0.717) is 36.9 Å². The molecule has 1 N–H and O–H groups in total. The number of carbonyl (C=O) groups excluding carboxylic acids is 1. The molecule has 2 aliphatic heterocycles. The predicted octanol–water partition coefficient (Wildman–Crippen LogP) is 2.92. The van der Waals surface area contributed by atoms with E-state index in [1.54, 1.807) is 25.1 Å². The summed E-state index contributed by atoms with van der Waals surface area (Å²) in [7, 11) is -3.72. The summed E-state index contributed by atoms with van der Waals surface area (Å²) in [6.07, 6.45) is 4.81. The number of nitrogens with zero attached hydrogens (tertiary/aromatic N) is 2. The molecule has 1 fully saturated rings. The van der Waals surface area contributed by atoms with Crippen LogP contribution in [0.25, 0.3) is 0 Å². The lowest BCUT2D eigenvalue weighted by atomic mass is 10.1. The Morgan fingerprint density at radius 1 is 1.03 bits per heavy atom. The third kappa shape index (κ3) is 5.52. The summed E-state index contributed by atoms with van der Waals surface area (Å²) in [6.45, 7) is 4.89. The van der Waals surface area contributed by atoms with E-state index >= 15 is 0 Å². The van der Waals surface area contributed by atoms with Gasteiger partial charge in [0.1, 0.15) is 19.3 Å². The molecule has 178 valence electrons. The van der Waals surface area contributed by atoms with E-state index in [4.69, 9.17) is 9.47 Å². The number of benzene rings is 2. The maximum absolute atomic E-state index is 12.9. The van der Waals surface area contributed by atoms with Crippen molar-refractivity contribution in [3.8, 4) is 11.5 Å². The molecule has 0 aromatic heterocycles. The van der Waals surface area contributed by atoms with Crippen molar-refractivity contribution in [1.29, 1.82) is 0 Å². The molecule has 0 unspecified atom stereocenters. The molecular formula is C24H31N3O5S. The smallest absolute Gasteiger partial charge is 0.243 e. The highest BCUT2D eigenvalue weighted by atomic mass is 32.2. The number of rotatable bonds is 7. The van der Waals surface area contributed by atoms with E-state index in [-0.39, 0.29) is 5.91 Å². The van der Waals surface area contributed by atoms with Gasteiger partial charge in [-0.25, -0.2) is 8.42 Å². The van der Waals surface area contributed by atoms with Gasteiger partial charge in [-0.15, -0.1) is 0 Å². The van der Waals surface area contributed by atoms with Crippen LogP contribution in [0.3, 0.4) is 0 Å². The zero-order valence-corrected chi connectivity index (χ0v) is 19.9. The van der Waals surface area contributed by atoms with Crippen LogP contribution in [0, 0.1) is 0 Å². The van der Waals surface area contributed by atoms with Crippen molar-refractivity contribution < 1.29 is 22.7 Å². The number of ether oxygens (including phenoxy) is 2. The Bertz CT molecular complexity index is 1080. The van der Waals surface area contributed by atoms with Crippen LogP contribution in [-0.2, 0) is 21.4 Å². The zero-order valence-electron chi connectivity index (χ0n) is 19.1. The molecule has 2 heterocycles. The molecule has 0 radical (unpaired) electrons. The van der Waals surface area contributed by atoms with Crippen LogP contribution in [0.15, 0.2) is 42.5 Å². The van der Waals surface area contributed by atoms with Gasteiger partial charge in [-0.05, 0) is 56.0 Å². The van der Waals surface area contributed by atoms with Gasteiger partial charge in [0.05, 0.1) is 11.9 Å². The predicted molar refractivity (Wildman–Crippen MR) is 129 cm³/mol. The number of sulfonamides is 1. The van der Waals surface area contributed by atoms with Gasteiger partial charge in [0.25, 0.3) is 0 Å². The molecule has 2 aromatic carbocycles. The quantitative estimate of drug-likeness (QED) is 0.665. The fraction of sp³-hybridized carbons (Fsp3) is 0.458. The first-order valence-electron chi connectivity index (χ1n) is 11.3. The molecule has 1 amide bonds. The minimum Gasteiger partial charge on any atom is -0.486 e. The molecule has 0 saturated carbocycles. The van der Waals surface area contributed by atoms with E-state index in [2.05, 4.69) is 22.3 Å². The molecule has 1 saturated heterocycles. The molecule has 0 aliphatic carbocycles. The number of amides is 1. The van der Waals surface area contributed by atoms with Crippen LogP contribution in [0.2, 0.25) is 0 Å². The third-order valence-corrected chi connectivity index (χ3v) is 7.23. The highest BCUT2D eigenvalue weighted by molar-refractivity contribution is 7.92. The average molecular weight is 474 g/mol. The number of anilines is 2. The van der Waals surface area contributed by atoms with Crippen molar-refractivity contribution >= 4 is 27.3 Å². The molecule has 8 nitrogen and oxygen atoms in total. The van der Waals surface area contributed by atoms with Crippen LogP contribution in [0.4, 0.5) is 11.4 Å². The summed E-state index contributed by atoms with van der Waals surface area (Å²) in [5, 5.41) is 2.87. The van der Waals surface area contributed by atoms with Crippen molar-refractivity contribution in [2.75, 3.05) is 41.8 Å². The molecule has 4 rings (SSSR count). The van der Waals surface area contributed by atoms with E-state index < -0.39 is 16.1 Å². The van der Waals surface area contributed by atoms with Gasteiger partial charge in [-0.2, -0.15) is 0 Å². The largest absolute Gasteiger partial charge is 0.486 e. The van der Waals surface area contributed by atoms with Crippen molar-refractivity contribution in [2.24, 2.45) is 0 Å². The summed E-state index contributed by atoms with van der Waals surface area (Å²) in [5.74, 6) is 0.646. The van der Waals surface area contributed by atoms with E-state index in [0.717, 1.165) is 29.2 Å². The molecule has 33 heavy (non-hydrogen) atoms. The van der Waals surface area contributed by atoms with Crippen molar-refractivity contribution in [3.05, 3.63) is 48.0 Å². The lowest BCUT2D eigenvalue weighted by molar-refractivity contribution is -0.122. The van der Waals surface area contributed by atoms with Gasteiger partial charge < -0.3 is 19.7 Å². The third-order valence-electron chi connectivity index (χ3n) is 5.99. The number of hydrogen-bond acceptors (Lipinski definition) is 6. The van der Waals surface area contributed by atoms with Crippen LogP contribution in [-0.4, -0.2) is 52.9 Å². The maximum atomic E-state index is 12.9. The highest BCUT2D eigenvalue weighted by Crippen LogP contribution is 2.35. The Kier molecular flexibility index (Phi) is 6.97. The number of fused-ring (bicyclic) bond motifs is 1. The van der Waals surface area contributed by atoms with Crippen LogP contribution < -0.4 is 24.0 Å². The Labute approximate surface area is 195 Å². The number of carbonyl (C=O) groups is 1. The minimum atomic E-state index is -3.72. The summed E-state index contributed by atoms with van der Waals surface area (Å²) in [4.78, 5) is 15.3. The van der Waals surface area contributed by atoms with Crippen LogP contribution in [0.5, 0.6) is 11.5 Å². The molecular weight excluding hydrogens is 442 g/mol. The lowest BCUT2D eigenvalue weighted by Gasteiger charge is -2.29. The van der Waals surface area contributed by atoms with Gasteiger partial charge in [0, 0.05) is 31.4 Å². The molecule has 0 spiro atoms. The fourth-order valence-electron chi connectivity index (χ4n) is 4.29. The molecule has 1 atom stereocenters. The van der Waals surface area contributed by atoms with E-state index in [1.165, 1.54) is 24.9 Å². The molecule has 0 bridgehead atoms. The summed E-state index contributed by atoms with van der Waals surface area (Å²) >= 11 is 0. The number of piperidine rings is 1. The van der Waals surface area contributed by atoms with Gasteiger partial charge in [0.15, 0.2) is 11.5 Å². The second-order valence-corrected chi connectivity index (χ2v) is 10.4. The maximum Gasteiger partial charge on any atom is 0.243 e. The molecule has 9 heteroatoms. The molecule has 2 aliphatic rings. The second kappa shape index (κ2) is 9.91. The Morgan fingerprint density at radius 3 is 2.36 bits per heavy atom.